The molecule has 1 saturated carbocycles. The Morgan fingerprint density at radius 3 is 2.93 bits per heavy atom. The van der Waals surface area contributed by atoms with Gasteiger partial charge in [-0.1, -0.05) is 12.8 Å². The Bertz CT molecular complexity index is 284. The Morgan fingerprint density at radius 2 is 2.27 bits per heavy atom. The van der Waals surface area contributed by atoms with E-state index in [0.717, 1.165) is 25.0 Å². The monoisotopic (exact) mass is 209 g/mol. The summed E-state index contributed by atoms with van der Waals surface area (Å²) in [6, 6.07) is 4.26. The molecule has 2 N–H and O–H groups in total. The molecule has 1 aromatic heterocycles. The number of nitrogens with one attached hydrogen (secondary N) is 1. The highest BCUT2D eigenvalue weighted by atomic mass is 16.3. The van der Waals surface area contributed by atoms with Gasteiger partial charge in [-0.25, -0.2) is 0 Å². The van der Waals surface area contributed by atoms with Crippen LogP contribution in [0, 0.1) is 0 Å². The van der Waals surface area contributed by atoms with Gasteiger partial charge >= 0.3 is 0 Å². The smallest absolute Gasteiger partial charge is 0.120 e. The van der Waals surface area contributed by atoms with Crippen LogP contribution in [0.15, 0.2) is 22.8 Å². The summed E-state index contributed by atoms with van der Waals surface area (Å²) >= 11 is 0. The third kappa shape index (κ3) is 2.61. The molecule has 0 bridgehead atoms. The standard InChI is InChI=1S/C12H19NO2/c1-9(12-7-4-8-15-12)13-10-5-2-3-6-11(10)14/h4,7-11,13-14H,2-3,5-6H2,1H3/t9-,10?,11?/m0/s1. The quantitative estimate of drug-likeness (QED) is 0.802. The Morgan fingerprint density at radius 1 is 1.47 bits per heavy atom. The molecule has 1 aliphatic rings. The van der Waals surface area contributed by atoms with Crippen molar-refractivity contribution in [1.82, 2.24) is 5.32 Å². The molecule has 1 aliphatic carbocycles. The molecule has 0 saturated heterocycles. The van der Waals surface area contributed by atoms with E-state index in [1.54, 1.807) is 6.26 Å². The number of rotatable bonds is 3. The average Bonchev–Trinajstić information content (AvgIpc) is 2.74. The van der Waals surface area contributed by atoms with Crippen molar-refractivity contribution >= 4 is 0 Å². The Hall–Kier alpha value is -0.800. The maximum atomic E-state index is 9.82. The molecule has 1 fully saturated rings. The van der Waals surface area contributed by atoms with Crippen LogP contribution in [0.4, 0.5) is 0 Å². The minimum Gasteiger partial charge on any atom is -0.468 e. The summed E-state index contributed by atoms with van der Waals surface area (Å²) in [5.74, 6) is 0.938. The second-order valence-electron chi connectivity index (χ2n) is 4.36. The first-order chi connectivity index (χ1) is 7.27. The van der Waals surface area contributed by atoms with E-state index in [1.165, 1.54) is 6.42 Å². The molecule has 0 aliphatic heterocycles. The molecular formula is C12H19NO2. The zero-order valence-electron chi connectivity index (χ0n) is 9.15. The second-order valence-corrected chi connectivity index (χ2v) is 4.36. The van der Waals surface area contributed by atoms with Gasteiger partial charge in [0.15, 0.2) is 0 Å². The molecule has 0 amide bonds. The number of hydrogen-bond donors (Lipinski definition) is 2. The first kappa shape index (κ1) is 10.7. The van der Waals surface area contributed by atoms with Crippen molar-refractivity contribution in [3.8, 4) is 0 Å². The predicted molar refractivity (Wildman–Crippen MR) is 58.5 cm³/mol. The number of hydrogen-bond acceptors (Lipinski definition) is 3. The lowest BCUT2D eigenvalue weighted by Crippen LogP contribution is -2.43. The van der Waals surface area contributed by atoms with E-state index < -0.39 is 0 Å². The topological polar surface area (TPSA) is 45.4 Å². The Kier molecular flexibility index (Phi) is 3.44. The molecule has 0 spiro atoms. The molecule has 0 radical (unpaired) electrons. The van der Waals surface area contributed by atoms with E-state index in [9.17, 15) is 5.11 Å². The van der Waals surface area contributed by atoms with Crippen LogP contribution in [-0.2, 0) is 0 Å². The Balaban J connectivity index is 1.90. The minimum atomic E-state index is -0.198. The van der Waals surface area contributed by atoms with Crippen molar-refractivity contribution in [3.05, 3.63) is 24.2 Å². The van der Waals surface area contributed by atoms with Crippen molar-refractivity contribution in [2.24, 2.45) is 0 Å². The first-order valence-corrected chi connectivity index (χ1v) is 5.75. The number of furan rings is 1. The molecule has 3 heteroatoms. The van der Waals surface area contributed by atoms with Gasteiger partial charge in [-0.05, 0) is 31.9 Å². The minimum absolute atomic E-state index is 0.178. The van der Waals surface area contributed by atoms with Gasteiger partial charge in [0.25, 0.3) is 0 Å². The summed E-state index contributed by atoms with van der Waals surface area (Å²) in [6.45, 7) is 2.07. The van der Waals surface area contributed by atoms with E-state index in [2.05, 4.69) is 12.2 Å². The maximum absolute atomic E-state index is 9.82. The van der Waals surface area contributed by atoms with E-state index in [4.69, 9.17) is 4.42 Å². The highest BCUT2D eigenvalue weighted by Crippen LogP contribution is 2.22. The van der Waals surface area contributed by atoms with Crippen molar-refractivity contribution in [3.63, 3.8) is 0 Å². The highest BCUT2D eigenvalue weighted by Gasteiger charge is 2.24. The molecule has 2 unspecified atom stereocenters. The van der Waals surface area contributed by atoms with Gasteiger partial charge < -0.3 is 14.8 Å². The van der Waals surface area contributed by atoms with Gasteiger partial charge in [0.2, 0.25) is 0 Å². The summed E-state index contributed by atoms with van der Waals surface area (Å²) in [4.78, 5) is 0. The summed E-state index contributed by atoms with van der Waals surface area (Å²) in [6.07, 6.45) is 5.82. The molecule has 1 aromatic rings. The van der Waals surface area contributed by atoms with Crippen molar-refractivity contribution < 1.29 is 9.52 Å². The van der Waals surface area contributed by atoms with Crippen LogP contribution in [0.3, 0.4) is 0 Å². The van der Waals surface area contributed by atoms with Gasteiger partial charge in [0.1, 0.15) is 5.76 Å². The summed E-state index contributed by atoms with van der Waals surface area (Å²) < 4.78 is 5.33. The normalized spacial score (nSPS) is 28.9. The summed E-state index contributed by atoms with van der Waals surface area (Å²) in [7, 11) is 0. The second kappa shape index (κ2) is 4.81. The van der Waals surface area contributed by atoms with E-state index in [1.807, 2.05) is 12.1 Å². The van der Waals surface area contributed by atoms with Crippen LogP contribution in [0.2, 0.25) is 0 Å². The zero-order valence-corrected chi connectivity index (χ0v) is 9.15. The fourth-order valence-electron chi connectivity index (χ4n) is 2.25. The van der Waals surface area contributed by atoms with E-state index in [-0.39, 0.29) is 18.2 Å². The SMILES string of the molecule is C[C@H](NC1CCCCC1O)c1ccco1. The van der Waals surface area contributed by atoms with Crippen molar-refractivity contribution in [2.45, 2.75) is 50.8 Å². The average molecular weight is 209 g/mol. The molecule has 1 heterocycles. The van der Waals surface area contributed by atoms with Gasteiger partial charge in [0.05, 0.1) is 18.4 Å². The molecule has 3 atom stereocenters. The number of aliphatic hydroxyl groups excluding tert-OH is 1. The van der Waals surface area contributed by atoms with Crippen LogP contribution in [-0.4, -0.2) is 17.3 Å². The fourth-order valence-corrected chi connectivity index (χ4v) is 2.25. The predicted octanol–water partition coefficient (Wildman–Crippen LogP) is 2.23. The first-order valence-electron chi connectivity index (χ1n) is 5.75. The third-order valence-electron chi connectivity index (χ3n) is 3.16. The van der Waals surface area contributed by atoms with Crippen LogP contribution in [0.5, 0.6) is 0 Å². The summed E-state index contributed by atoms with van der Waals surface area (Å²) in [5.41, 5.74) is 0. The fraction of sp³-hybridized carbons (Fsp3) is 0.667. The summed E-state index contributed by atoms with van der Waals surface area (Å²) in [5, 5.41) is 13.2. The lowest BCUT2D eigenvalue weighted by atomic mass is 9.92. The largest absolute Gasteiger partial charge is 0.468 e. The van der Waals surface area contributed by atoms with Gasteiger partial charge in [-0.3, -0.25) is 0 Å². The van der Waals surface area contributed by atoms with Gasteiger partial charge in [-0.2, -0.15) is 0 Å². The molecule has 3 nitrogen and oxygen atoms in total. The molecule has 2 rings (SSSR count). The lowest BCUT2D eigenvalue weighted by Gasteiger charge is -2.30. The molecular weight excluding hydrogens is 190 g/mol. The molecule has 0 aromatic carbocycles. The van der Waals surface area contributed by atoms with E-state index in [0.29, 0.717) is 0 Å². The van der Waals surface area contributed by atoms with Crippen LogP contribution < -0.4 is 5.32 Å². The zero-order chi connectivity index (χ0) is 10.7. The van der Waals surface area contributed by atoms with Crippen molar-refractivity contribution in [2.75, 3.05) is 0 Å². The van der Waals surface area contributed by atoms with Crippen LogP contribution in [0.25, 0.3) is 0 Å². The van der Waals surface area contributed by atoms with Gasteiger partial charge in [0, 0.05) is 6.04 Å². The lowest BCUT2D eigenvalue weighted by molar-refractivity contribution is 0.0845. The van der Waals surface area contributed by atoms with E-state index >= 15 is 0 Å². The van der Waals surface area contributed by atoms with Crippen molar-refractivity contribution in [1.29, 1.82) is 0 Å². The maximum Gasteiger partial charge on any atom is 0.120 e. The van der Waals surface area contributed by atoms with Gasteiger partial charge in [-0.15, -0.1) is 0 Å². The van der Waals surface area contributed by atoms with Crippen LogP contribution >= 0.6 is 0 Å². The number of aliphatic hydroxyl groups is 1. The molecule has 15 heavy (non-hydrogen) atoms. The highest BCUT2D eigenvalue weighted by molar-refractivity contribution is 5.03. The Labute approximate surface area is 90.5 Å². The van der Waals surface area contributed by atoms with Crippen LogP contribution in [0.1, 0.15) is 44.4 Å². The third-order valence-corrected chi connectivity index (χ3v) is 3.16. The molecule has 84 valence electrons.